The predicted octanol–water partition coefficient (Wildman–Crippen LogP) is 1.19. The van der Waals surface area contributed by atoms with Gasteiger partial charge in [-0.25, -0.2) is 0 Å². The molecular formula is C17H32ClN3O4. The summed E-state index contributed by atoms with van der Waals surface area (Å²) in [6.07, 6.45) is 2.59. The third-order valence-corrected chi connectivity index (χ3v) is 4.44. The summed E-state index contributed by atoms with van der Waals surface area (Å²) in [5.41, 5.74) is 5.09. The zero-order valence-corrected chi connectivity index (χ0v) is 16.6. The zero-order valence-electron chi connectivity index (χ0n) is 15.7. The topological polar surface area (TPSA) is 92.9 Å². The van der Waals surface area contributed by atoms with Crippen LogP contribution in [0.15, 0.2) is 0 Å². The lowest BCUT2D eigenvalue weighted by atomic mass is 9.95. The van der Waals surface area contributed by atoms with Gasteiger partial charge in [-0.2, -0.15) is 0 Å². The quantitative estimate of drug-likeness (QED) is 0.672. The number of rotatable bonds is 7. The Morgan fingerprint density at radius 1 is 1.24 bits per heavy atom. The highest BCUT2D eigenvalue weighted by atomic mass is 35.5. The molecule has 0 aromatic carbocycles. The van der Waals surface area contributed by atoms with Crippen LogP contribution in [0, 0.1) is 5.92 Å². The molecule has 1 aliphatic heterocycles. The van der Waals surface area contributed by atoms with E-state index in [1.165, 1.54) is 4.90 Å². The number of likely N-dealkylation sites (tertiary alicyclic amines) is 1. The van der Waals surface area contributed by atoms with E-state index in [1.807, 2.05) is 6.92 Å². The highest BCUT2D eigenvalue weighted by Crippen LogP contribution is 2.19. The second-order valence-electron chi connectivity index (χ2n) is 6.74. The van der Waals surface area contributed by atoms with Crippen LogP contribution in [0.25, 0.3) is 0 Å². The molecule has 1 heterocycles. The summed E-state index contributed by atoms with van der Waals surface area (Å²) in [6.45, 7) is 6.87. The molecule has 146 valence electrons. The number of esters is 1. The van der Waals surface area contributed by atoms with Crippen molar-refractivity contribution in [3.63, 3.8) is 0 Å². The number of hydrogen-bond donors (Lipinski definition) is 1. The Labute approximate surface area is 156 Å². The second kappa shape index (κ2) is 10.6. The summed E-state index contributed by atoms with van der Waals surface area (Å²) in [5.74, 6) is -0.653. The minimum atomic E-state index is -0.944. The van der Waals surface area contributed by atoms with E-state index in [0.29, 0.717) is 39.0 Å². The van der Waals surface area contributed by atoms with Gasteiger partial charge in [0.15, 0.2) is 0 Å². The average Bonchev–Trinajstić information content (AvgIpc) is 2.54. The van der Waals surface area contributed by atoms with Crippen LogP contribution in [0.3, 0.4) is 0 Å². The lowest BCUT2D eigenvalue weighted by molar-refractivity contribution is -0.151. The first kappa shape index (κ1) is 23.7. The first-order valence-corrected chi connectivity index (χ1v) is 8.71. The van der Waals surface area contributed by atoms with Crippen LogP contribution < -0.4 is 5.73 Å². The molecule has 1 aliphatic rings. The van der Waals surface area contributed by atoms with E-state index in [-0.39, 0.29) is 42.7 Å². The average molecular weight is 378 g/mol. The minimum absolute atomic E-state index is 0. The lowest BCUT2D eigenvalue weighted by Crippen LogP contribution is -2.54. The van der Waals surface area contributed by atoms with Gasteiger partial charge in [-0.05, 0) is 33.1 Å². The van der Waals surface area contributed by atoms with E-state index in [1.54, 1.807) is 25.8 Å². The van der Waals surface area contributed by atoms with E-state index < -0.39 is 5.54 Å². The van der Waals surface area contributed by atoms with E-state index >= 15 is 0 Å². The molecule has 2 amide bonds. The maximum Gasteiger partial charge on any atom is 0.309 e. The van der Waals surface area contributed by atoms with Crippen molar-refractivity contribution in [3.05, 3.63) is 0 Å². The molecule has 0 aromatic heterocycles. The highest BCUT2D eigenvalue weighted by molar-refractivity contribution is 5.89. The number of halogens is 1. The van der Waals surface area contributed by atoms with Gasteiger partial charge in [-0.3, -0.25) is 14.4 Å². The molecule has 1 saturated heterocycles. The molecule has 0 aromatic rings. The molecule has 0 spiro atoms. The minimum Gasteiger partial charge on any atom is -0.466 e. The van der Waals surface area contributed by atoms with Gasteiger partial charge in [0, 0.05) is 20.1 Å². The van der Waals surface area contributed by atoms with Crippen molar-refractivity contribution in [2.24, 2.45) is 11.7 Å². The number of nitrogens with zero attached hydrogens (tertiary/aromatic N) is 2. The fourth-order valence-electron chi connectivity index (χ4n) is 3.06. The molecule has 0 saturated carbocycles. The molecule has 8 heteroatoms. The predicted molar refractivity (Wildman–Crippen MR) is 98.3 cm³/mol. The van der Waals surface area contributed by atoms with E-state index in [0.717, 1.165) is 6.42 Å². The Morgan fingerprint density at radius 2 is 1.80 bits per heavy atom. The molecule has 0 bridgehead atoms. The number of hydrogen-bond acceptors (Lipinski definition) is 5. The van der Waals surface area contributed by atoms with Crippen LogP contribution in [0.5, 0.6) is 0 Å². The van der Waals surface area contributed by atoms with Crippen LogP contribution in [-0.2, 0) is 19.1 Å². The van der Waals surface area contributed by atoms with Gasteiger partial charge in [0.05, 0.1) is 24.6 Å². The Bertz CT molecular complexity index is 463. The van der Waals surface area contributed by atoms with Gasteiger partial charge in [0.1, 0.15) is 0 Å². The third-order valence-electron chi connectivity index (χ3n) is 4.44. The van der Waals surface area contributed by atoms with E-state index in [2.05, 4.69) is 0 Å². The van der Waals surface area contributed by atoms with Crippen molar-refractivity contribution in [3.8, 4) is 0 Å². The number of amides is 2. The molecular weight excluding hydrogens is 346 g/mol. The Hall–Kier alpha value is -1.34. The Morgan fingerprint density at radius 3 is 2.28 bits per heavy atom. The van der Waals surface area contributed by atoms with E-state index in [4.69, 9.17) is 10.5 Å². The van der Waals surface area contributed by atoms with Crippen LogP contribution >= 0.6 is 12.4 Å². The molecule has 1 rings (SSSR count). The molecule has 0 aliphatic carbocycles. The molecule has 1 atom stereocenters. The summed E-state index contributed by atoms with van der Waals surface area (Å²) in [6, 6.07) is 0. The van der Waals surface area contributed by atoms with Gasteiger partial charge in [0.25, 0.3) is 0 Å². The first-order chi connectivity index (χ1) is 11.2. The smallest absolute Gasteiger partial charge is 0.309 e. The van der Waals surface area contributed by atoms with Crippen molar-refractivity contribution < 1.29 is 19.1 Å². The number of carbonyl (C=O) groups excluding carboxylic acids is 3. The van der Waals surface area contributed by atoms with Crippen LogP contribution in [0.1, 0.15) is 46.5 Å². The summed E-state index contributed by atoms with van der Waals surface area (Å²) in [4.78, 5) is 39.6. The zero-order chi connectivity index (χ0) is 18.3. The summed E-state index contributed by atoms with van der Waals surface area (Å²) < 4.78 is 5.02. The first-order valence-electron chi connectivity index (χ1n) is 8.71. The van der Waals surface area contributed by atoms with Crippen LogP contribution in [0.2, 0.25) is 0 Å². The van der Waals surface area contributed by atoms with Gasteiger partial charge in [0.2, 0.25) is 11.8 Å². The maximum atomic E-state index is 12.4. The summed E-state index contributed by atoms with van der Waals surface area (Å²) in [7, 11) is 1.60. The number of carbonyl (C=O) groups is 3. The lowest BCUT2D eigenvalue weighted by Gasteiger charge is -2.33. The number of nitrogens with two attached hydrogens (primary N) is 1. The molecule has 0 radical (unpaired) electrons. The molecule has 1 unspecified atom stereocenters. The fraction of sp³-hybridized carbons (Fsp3) is 0.824. The molecule has 25 heavy (non-hydrogen) atoms. The van der Waals surface area contributed by atoms with Crippen molar-refractivity contribution in [1.29, 1.82) is 0 Å². The Kier molecular flexibility index (Phi) is 10.0. The van der Waals surface area contributed by atoms with Crippen molar-refractivity contribution in [2.45, 2.75) is 52.0 Å². The SMILES string of the molecule is CCCC(C)(N)C(=O)N(C)CC(=O)N1CCC(C(=O)OCC)CC1.Cl. The highest BCUT2D eigenvalue weighted by Gasteiger charge is 2.33. The largest absolute Gasteiger partial charge is 0.466 e. The monoisotopic (exact) mass is 377 g/mol. The Balaban J connectivity index is 0.00000576. The molecule has 1 fully saturated rings. The molecule has 2 N–H and O–H groups in total. The fourth-order valence-corrected chi connectivity index (χ4v) is 3.06. The third kappa shape index (κ3) is 6.82. The standard InChI is InChI=1S/C17H31N3O4.ClH/c1-5-9-17(3,18)16(23)19(4)12-14(21)20-10-7-13(8-11-20)15(22)24-6-2;/h13H,5-12,18H2,1-4H3;1H. The summed E-state index contributed by atoms with van der Waals surface area (Å²) >= 11 is 0. The second-order valence-corrected chi connectivity index (χ2v) is 6.74. The van der Waals surface area contributed by atoms with Crippen LogP contribution in [-0.4, -0.2) is 66.4 Å². The normalized spacial score (nSPS) is 17.2. The van der Waals surface area contributed by atoms with E-state index in [9.17, 15) is 14.4 Å². The van der Waals surface area contributed by atoms with Crippen molar-refractivity contribution >= 4 is 30.2 Å². The van der Waals surface area contributed by atoms with Crippen LogP contribution in [0.4, 0.5) is 0 Å². The van der Waals surface area contributed by atoms with Crippen molar-refractivity contribution in [2.75, 3.05) is 33.3 Å². The van der Waals surface area contributed by atoms with Crippen molar-refractivity contribution in [1.82, 2.24) is 9.80 Å². The number of piperidine rings is 1. The van der Waals surface area contributed by atoms with Gasteiger partial charge >= 0.3 is 5.97 Å². The number of likely N-dealkylation sites (N-methyl/N-ethyl adjacent to an activating group) is 1. The van der Waals surface area contributed by atoms with Gasteiger partial charge in [-0.15, -0.1) is 12.4 Å². The van der Waals surface area contributed by atoms with Gasteiger partial charge < -0.3 is 20.3 Å². The summed E-state index contributed by atoms with van der Waals surface area (Å²) in [5, 5.41) is 0. The maximum absolute atomic E-state index is 12.4. The molecule has 7 nitrogen and oxygen atoms in total. The van der Waals surface area contributed by atoms with Gasteiger partial charge in [-0.1, -0.05) is 13.3 Å². The number of ether oxygens (including phenoxy) is 1.